The van der Waals surface area contributed by atoms with Crippen molar-refractivity contribution in [2.24, 2.45) is 0 Å². The van der Waals surface area contributed by atoms with Crippen LogP contribution in [-0.4, -0.2) is 57.4 Å². The van der Waals surface area contributed by atoms with Gasteiger partial charge in [0.25, 0.3) is 0 Å². The van der Waals surface area contributed by atoms with Gasteiger partial charge in [-0.2, -0.15) is 36.0 Å². The molecule has 0 bridgehead atoms. The minimum absolute atomic E-state index is 0.0753. The SMILES string of the molecule is O=C1NC2(CO1)CN(C(CNc1cc(C(F)(F)F)nc3cc(C(F)(F)F)nn13)c1ccc(F)cc1)C2. The summed E-state index contributed by atoms with van der Waals surface area (Å²) in [5, 5.41) is 8.85. The number of amides is 1. The van der Waals surface area contributed by atoms with Gasteiger partial charge in [0.1, 0.15) is 23.8 Å². The normalized spacial score (nSPS) is 18.7. The van der Waals surface area contributed by atoms with Gasteiger partial charge in [0.05, 0.1) is 6.04 Å². The number of rotatable bonds is 5. The molecule has 2 fully saturated rings. The van der Waals surface area contributed by atoms with E-state index in [2.05, 4.69) is 20.7 Å². The maximum Gasteiger partial charge on any atom is 0.435 e. The van der Waals surface area contributed by atoms with Crippen LogP contribution in [0.2, 0.25) is 0 Å². The zero-order chi connectivity index (χ0) is 25.9. The van der Waals surface area contributed by atoms with E-state index in [0.717, 1.165) is 0 Å². The van der Waals surface area contributed by atoms with Crippen LogP contribution in [0.5, 0.6) is 0 Å². The lowest BCUT2D eigenvalue weighted by molar-refractivity contribution is -0.142. The number of aromatic nitrogens is 3. The smallest absolute Gasteiger partial charge is 0.435 e. The van der Waals surface area contributed by atoms with Crippen LogP contribution in [0.3, 0.4) is 0 Å². The summed E-state index contributed by atoms with van der Waals surface area (Å²) in [7, 11) is 0. The van der Waals surface area contributed by atoms with E-state index in [1.165, 1.54) is 24.3 Å². The maximum atomic E-state index is 13.5. The fourth-order valence-electron chi connectivity index (χ4n) is 4.34. The third kappa shape index (κ3) is 4.50. The Labute approximate surface area is 198 Å². The van der Waals surface area contributed by atoms with E-state index in [4.69, 9.17) is 4.74 Å². The van der Waals surface area contributed by atoms with Crippen molar-refractivity contribution >= 4 is 17.6 Å². The summed E-state index contributed by atoms with van der Waals surface area (Å²) in [5.74, 6) is -0.855. The van der Waals surface area contributed by atoms with Gasteiger partial charge in [0, 0.05) is 31.8 Å². The number of likely N-dealkylation sites (tertiary alicyclic amines) is 1. The second-order valence-corrected chi connectivity index (χ2v) is 8.66. The fourth-order valence-corrected chi connectivity index (χ4v) is 4.34. The molecule has 4 heterocycles. The summed E-state index contributed by atoms with van der Waals surface area (Å²) in [5.41, 5.74) is -3.44. The van der Waals surface area contributed by atoms with Crippen molar-refractivity contribution in [2.45, 2.75) is 23.9 Å². The van der Waals surface area contributed by atoms with Crippen LogP contribution in [0, 0.1) is 5.82 Å². The summed E-state index contributed by atoms with van der Waals surface area (Å²) < 4.78 is 98.8. The second-order valence-electron chi connectivity index (χ2n) is 8.66. The van der Waals surface area contributed by atoms with Gasteiger partial charge < -0.3 is 15.4 Å². The average molecular weight is 518 g/mol. The molecule has 2 N–H and O–H groups in total. The predicted molar refractivity (Wildman–Crippen MR) is 109 cm³/mol. The zero-order valence-electron chi connectivity index (χ0n) is 18.1. The first-order valence-electron chi connectivity index (χ1n) is 10.6. The molecule has 192 valence electrons. The Hall–Kier alpha value is -3.62. The minimum Gasteiger partial charge on any atom is -0.447 e. The van der Waals surface area contributed by atoms with E-state index in [1.54, 1.807) is 0 Å². The molecule has 1 amide bonds. The Kier molecular flexibility index (Phi) is 5.50. The van der Waals surface area contributed by atoms with E-state index >= 15 is 0 Å². The number of nitrogens with zero attached hydrogens (tertiary/aromatic N) is 4. The number of hydrogen-bond donors (Lipinski definition) is 2. The summed E-state index contributed by atoms with van der Waals surface area (Å²) >= 11 is 0. The predicted octanol–water partition coefficient (Wildman–Crippen LogP) is 3.85. The molecular weight excluding hydrogens is 501 g/mol. The van der Waals surface area contributed by atoms with Crippen molar-refractivity contribution in [1.29, 1.82) is 0 Å². The average Bonchev–Trinajstić information content (AvgIpc) is 3.38. The first-order chi connectivity index (χ1) is 16.8. The van der Waals surface area contributed by atoms with Gasteiger partial charge in [0.15, 0.2) is 17.0 Å². The molecule has 5 rings (SSSR count). The fraction of sp³-hybridized carbons (Fsp3) is 0.381. The molecule has 0 radical (unpaired) electrons. The molecule has 1 spiro atoms. The van der Waals surface area contributed by atoms with Crippen molar-refractivity contribution in [1.82, 2.24) is 24.8 Å². The molecule has 2 aromatic heterocycles. The number of alkyl halides is 6. The summed E-state index contributed by atoms with van der Waals surface area (Å²) in [6.45, 7) is 0.734. The zero-order valence-corrected chi connectivity index (χ0v) is 18.1. The lowest BCUT2D eigenvalue weighted by Gasteiger charge is -2.50. The third-order valence-electron chi connectivity index (χ3n) is 6.04. The van der Waals surface area contributed by atoms with Crippen molar-refractivity contribution in [2.75, 3.05) is 31.6 Å². The van der Waals surface area contributed by atoms with Crippen LogP contribution in [0.1, 0.15) is 23.0 Å². The number of fused-ring (bicyclic) bond motifs is 1. The molecule has 2 aliphatic heterocycles. The third-order valence-corrected chi connectivity index (χ3v) is 6.04. The van der Waals surface area contributed by atoms with Gasteiger partial charge in [0.2, 0.25) is 0 Å². The Bertz CT molecular complexity index is 1300. The quantitative estimate of drug-likeness (QED) is 0.500. The van der Waals surface area contributed by atoms with E-state index in [0.29, 0.717) is 35.3 Å². The lowest BCUT2D eigenvalue weighted by atomic mass is 9.88. The number of halogens is 7. The molecule has 1 atom stereocenters. The second kappa shape index (κ2) is 8.21. The largest absolute Gasteiger partial charge is 0.447 e. The van der Waals surface area contributed by atoms with Gasteiger partial charge >= 0.3 is 18.4 Å². The molecule has 8 nitrogen and oxygen atoms in total. The highest BCUT2D eigenvalue weighted by Crippen LogP contribution is 2.36. The monoisotopic (exact) mass is 518 g/mol. The van der Waals surface area contributed by atoms with Gasteiger partial charge in [-0.25, -0.2) is 14.2 Å². The number of benzene rings is 1. The number of anilines is 1. The number of hydrogen-bond acceptors (Lipinski definition) is 6. The number of nitrogens with one attached hydrogen (secondary N) is 2. The molecule has 0 aliphatic carbocycles. The number of carbonyl (C=O) groups is 1. The summed E-state index contributed by atoms with van der Waals surface area (Å²) in [6, 6.07) is 5.89. The molecule has 3 aromatic rings. The van der Waals surface area contributed by atoms with Crippen molar-refractivity contribution in [3.63, 3.8) is 0 Å². The van der Waals surface area contributed by atoms with E-state index in [-0.39, 0.29) is 19.0 Å². The maximum absolute atomic E-state index is 13.5. The van der Waals surface area contributed by atoms with Crippen LogP contribution in [0.4, 0.5) is 41.3 Å². The van der Waals surface area contributed by atoms with Gasteiger partial charge in [-0.1, -0.05) is 12.1 Å². The first-order valence-corrected chi connectivity index (χ1v) is 10.6. The molecule has 2 saturated heterocycles. The minimum atomic E-state index is -4.91. The number of alkyl carbamates (subject to hydrolysis) is 1. The molecule has 15 heteroatoms. The van der Waals surface area contributed by atoms with Crippen LogP contribution in [0.15, 0.2) is 36.4 Å². The van der Waals surface area contributed by atoms with E-state index in [1.807, 2.05) is 4.90 Å². The first kappa shape index (κ1) is 24.1. The van der Waals surface area contributed by atoms with Crippen LogP contribution < -0.4 is 10.6 Å². The molecule has 2 aliphatic rings. The highest BCUT2D eigenvalue weighted by Gasteiger charge is 2.51. The van der Waals surface area contributed by atoms with Gasteiger partial charge in [-0.3, -0.25) is 4.90 Å². The van der Waals surface area contributed by atoms with E-state index < -0.39 is 52.9 Å². The number of cyclic esters (lactones) is 1. The van der Waals surface area contributed by atoms with E-state index in [9.17, 15) is 35.5 Å². The number of carbonyl (C=O) groups excluding carboxylic acids is 1. The van der Waals surface area contributed by atoms with Crippen LogP contribution in [-0.2, 0) is 17.1 Å². The van der Waals surface area contributed by atoms with Crippen molar-refractivity contribution < 1.29 is 40.3 Å². The van der Waals surface area contributed by atoms with Crippen LogP contribution >= 0.6 is 0 Å². The van der Waals surface area contributed by atoms with Crippen molar-refractivity contribution in [3.05, 3.63) is 59.2 Å². The molecular formula is C21H17F7N6O2. The summed E-state index contributed by atoms with van der Waals surface area (Å²) in [6.07, 6.45) is -10.4. The number of ether oxygens (including phenoxy) is 1. The topological polar surface area (TPSA) is 83.8 Å². The Morgan fingerprint density at radius 3 is 2.31 bits per heavy atom. The Morgan fingerprint density at radius 1 is 1.06 bits per heavy atom. The molecule has 36 heavy (non-hydrogen) atoms. The standard InChI is InChI=1S/C21H17F7N6O2/c22-12-3-1-11(2-4-12)13(33-8-19(9-33)10-36-18(35)31-19)7-29-16-5-14(20(23,24)25)30-17-6-15(21(26,27)28)32-34(16)17/h1-6,13,29H,7-10H2,(H,31,35). The van der Waals surface area contributed by atoms with Crippen molar-refractivity contribution in [3.8, 4) is 0 Å². The van der Waals surface area contributed by atoms with Gasteiger partial charge in [-0.05, 0) is 17.7 Å². The molecule has 0 saturated carbocycles. The Balaban J connectivity index is 1.46. The van der Waals surface area contributed by atoms with Crippen LogP contribution in [0.25, 0.3) is 5.65 Å². The highest BCUT2D eigenvalue weighted by atomic mass is 19.4. The highest BCUT2D eigenvalue weighted by molar-refractivity contribution is 5.71. The molecule has 1 unspecified atom stereocenters. The lowest BCUT2D eigenvalue weighted by Crippen LogP contribution is -2.69. The molecule has 1 aromatic carbocycles. The van der Waals surface area contributed by atoms with Gasteiger partial charge in [-0.15, -0.1) is 0 Å². The summed E-state index contributed by atoms with van der Waals surface area (Å²) in [4.78, 5) is 16.6. The Morgan fingerprint density at radius 2 is 1.72 bits per heavy atom.